The molecular weight excluding hydrogens is 210 g/mol. The number of hydrogen-bond donors (Lipinski definition) is 0. The van der Waals surface area contributed by atoms with E-state index >= 15 is 0 Å². The summed E-state index contributed by atoms with van der Waals surface area (Å²) in [5.41, 5.74) is 0. The van der Waals surface area contributed by atoms with Gasteiger partial charge in [0.25, 0.3) is 0 Å². The van der Waals surface area contributed by atoms with Gasteiger partial charge in [0.2, 0.25) is 0 Å². The van der Waals surface area contributed by atoms with E-state index in [9.17, 15) is 0 Å². The first-order valence-electron chi connectivity index (χ1n) is 6.28. The van der Waals surface area contributed by atoms with Gasteiger partial charge in [-0.3, -0.25) is 4.90 Å². The minimum absolute atomic E-state index is 0.436. The summed E-state index contributed by atoms with van der Waals surface area (Å²) in [6.45, 7) is 5.02. The zero-order chi connectivity index (χ0) is 10.7. The second kappa shape index (κ2) is 5.51. The molecule has 0 spiro atoms. The summed E-state index contributed by atoms with van der Waals surface area (Å²) in [5.74, 6) is 0. The highest BCUT2D eigenvalue weighted by Gasteiger charge is 2.39. The van der Waals surface area contributed by atoms with Gasteiger partial charge in [-0.25, -0.2) is 0 Å². The molecule has 2 fully saturated rings. The Morgan fingerprint density at radius 3 is 2.53 bits per heavy atom. The van der Waals surface area contributed by atoms with Crippen molar-refractivity contribution >= 4 is 11.6 Å². The Kier molecular flexibility index (Phi) is 4.30. The number of halogens is 1. The van der Waals surface area contributed by atoms with Crippen molar-refractivity contribution in [3.63, 3.8) is 0 Å². The summed E-state index contributed by atoms with van der Waals surface area (Å²) in [5, 5.41) is 0.436. The molecule has 15 heavy (non-hydrogen) atoms. The van der Waals surface area contributed by atoms with E-state index in [-0.39, 0.29) is 0 Å². The average Bonchev–Trinajstić information content (AvgIpc) is 2.46. The first-order valence-corrected chi connectivity index (χ1v) is 6.72. The smallest absolute Gasteiger partial charge is 0.0478 e. The maximum atomic E-state index is 6.24. The molecule has 2 heterocycles. The van der Waals surface area contributed by atoms with Gasteiger partial charge in [-0.15, -0.1) is 11.6 Å². The lowest BCUT2D eigenvalue weighted by Crippen LogP contribution is -2.43. The van der Waals surface area contributed by atoms with Gasteiger partial charge in [0.1, 0.15) is 0 Å². The minimum Gasteiger partial charge on any atom is -0.382 e. The van der Waals surface area contributed by atoms with Crippen LogP contribution in [0, 0.1) is 0 Å². The molecule has 0 radical (unpaired) electrons. The van der Waals surface area contributed by atoms with Crippen LogP contribution in [-0.4, -0.2) is 42.1 Å². The SMILES string of the molecule is CCOCCCN1C2CCC1CC(Cl)C2. The Labute approximate surface area is 97.9 Å². The molecule has 2 unspecified atom stereocenters. The fourth-order valence-electron chi connectivity index (χ4n) is 3.07. The number of ether oxygens (including phenoxy) is 1. The van der Waals surface area contributed by atoms with Crippen molar-refractivity contribution in [2.75, 3.05) is 19.8 Å². The van der Waals surface area contributed by atoms with Crippen LogP contribution in [0.25, 0.3) is 0 Å². The number of nitrogens with zero attached hydrogens (tertiary/aromatic N) is 1. The fraction of sp³-hybridized carbons (Fsp3) is 1.00. The molecular formula is C12H22ClNO. The topological polar surface area (TPSA) is 12.5 Å². The lowest BCUT2D eigenvalue weighted by molar-refractivity contribution is 0.102. The zero-order valence-electron chi connectivity index (χ0n) is 9.62. The molecule has 2 nitrogen and oxygen atoms in total. The van der Waals surface area contributed by atoms with E-state index in [1.807, 2.05) is 0 Å². The third-order valence-corrected chi connectivity index (χ3v) is 4.09. The third-order valence-electron chi connectivity index (χ3n) is 3.74. The second-order valence-electron chi connectivity index (χ2n) is 4.74. The Bertz CT molecular complexity index is 186. The number of hydrogen-bond acceptors (Lipinski definition) is 2. The maximum Gasteiger partial charge on any atom is 0.0478 e. The van der Waals surface area contributed by atoms with Crippen molar-refractivity contribution in [2.24, 2.45) is 0 Å². The third kappa shape index (κ3) is 2.86. The molecule has 2 rings (SSSR count). The van der Waals surface area contributed by atoms with Crippen LogP contribution in [0.3, 0.4) is 0 Å². The van der Waals surface area contributed by atoms with Crippen LogP contribution in [-0.2, 0) is 4.74 Å². The van der Waals surface area contributed by atoms with Crippen LogP contribution in [0.15, 0.2) is 0 Å². The predicted octanol–water partition coefficient (Wildman–Crippen LogP) is 2.65. The largest absolute Gasteiger partial charge is 0.382 e. The van der Waals surface area contributed by atoms with Gasteiger partial charge in [0, 0.05) is 37.2 Å². The van der Waals surface area contributed by atoms with Gasteiger partial charge >= 0.3 is 0 Å². The van der Waals surface area contributed by atoms with Crippen molar-refractivity contribution in [3.05, 3.63) is 0 Å². The molecule has 2 saturated heterocycles. The summed E-state index contributed by atoms with van der Waals surface area (Å²) in [4.78, 5) is 2.68. The molecule has 2 atom stereocenters. The van der Waals surface area contributed by atoms with Gasteiger partial charge in [-0.05, 0) is 39.0 Å². The van der Waals surface area contributed by atoms with Crippen molar-refractivity contribution in [1.29, 1.82) is 0 Å². The highest BCUT2D eigenvalue weighted by atomic mass is 35.5. The van der Waals surface area contributed by atoms with Crippen molar-refractivity contribution in [2.45, 2.75) is 56.5 Å². The van der Waals surface area contributed by atoms with Gasteiger partial charge in [0.05, 0.1) is 0 Å². The van der Waals surface area contributed by atoms with Crippen molar-refractivity contribution in [1.82, 2.24) is 4.90 Å². The summed E-state index contributed by atoms with van der Waals surface area (Å²) in [7, 11) is 0. The lowest BCUT2D eigenvalue weighted by atomic mass is 10.0. The Morgan fingerprint density at radius 2 is 1.93 bits per heavy atom. The van der Waals surface area contributed by atoms with Crippen LogP contribution in [0.2, 0.25) is 0 Å². The van der Waals surface area contributed by atoms with E-state index in [1.54, 1.807) is 0 Å². The summed E-state index contributed by atoms with van der Waals surface area (Å²) in [6.07, 6.45) is 6.30. The molecule has 0 aliphatic carbocycles. The van der Waals surface area contributed by atoms with Crippen LogP contribution in [0.5, 0.6) is 0 Å². The fourth-order valence-corrected chi connectivity index (χ4v) is 3.48. The van der Waals surface area contributed by atoms with E-state index in [4.69, 9.17) is 16.3 Å². The molecule has 0 aromatic rings. The predicted molar refractivity (Wildman–Crippen MR) is 63.5 cm³/mol. The van der Waals surface area contributed by atoms with Crippen molar-refractivity contribution in [3.8, 4) is 0 Å². The molecule has 0 N–H and O–H groups in total. The highest BCUT2D eigenvalue weighted by Crippen LogP contribution is 2.37. The van der Waals surface area contributed by atoms with Gasteiger partial charge < -0.3 is 4.74 Å². The molecule has 2 aliphatic heterocycles. The Morgan fingerprint density at radius 1 is 1.27 bits per heavy atom. The standard InChI is InChI=1S/C12H22ClNO/c1-2-15-7-3-6-14-11-4-5-12(14)9-10(13)8-11/h10-12H,2-9H2,1H3. The molecule has 0 saturated carbocycles. The van der Waals surface area contributed by atoms with E-state index < -0.39 is 0 Å². The molecule has 2 aliphatic rings. The van der Waals surface area contributed by atoms with Crippen LogP contribution in [0.1, 0.15) is 39.0 Å². The molecule has 0 aromatic carbocycles. The van der Waals surface area contributed by atoms with Gasteiger partial charge in [-0.2, -0.15) is 0 Å². The number of fused-ring (bicyclic) bond motifs is 2. The van der Waals surface area contributed by atoms with Crippen LogP contribution in [0.4, 0.5) is 0 Å². The van der Waals surface area contributed by atoms with E-state index in [0.29, 0.717) is 5.38 Å². The summed E-state index contributed by atoms with van der Waals surface area (Å²) < 4.78 is 5.38. The van der Waals surface area contributed by atoms with E-state index in [1.165, 1.54) is 38.6 Å². The normalized spacial score (nSPS) is 36.0. The van der Waals surface area contributed by atoms with Gasteiger partial charge in [0.15, 0.2) is 0 Å². The van der Waals surface area contributed by atoms with Crippen molar-refractivity contribution < 1.29 is 4.74 Å². The molecule has 3 heteroatoms. The second-order valence-corrected chi connectivity index (χ2v) is 5.36. The average molecular weight is 232 g/mol. The zero-order valence-corrected chi connectivity index (χ0v) is 10.4. The van der Waals surface area contributed by atoms with E-state index in [0.717, 1.165) is 25.3 Å². The quantitative estimate of drug-likeness (QED) is 0.533. The summed E-state index contributed by atoms with van der Waals surface area (Å²) >= 11 is 6.24. The molecule has 88 valence electrons. The number of rotatable bonds is 5. The first kappa shape index (κ1) is 11.7. The van der Waals surface area contributed by atoms with E-state index in [2.05, 4.69) is 11.8 Å². The molecule has 0 aromatic heterocycles. The monoisotopic (exact) mass is 231 g/mol. The number of alkyl halides is 1. The van der Waals surface area contributed by atoms with Crippen LogP contribution >= 0.6 is 11.6 Å². The highest BCUT2D eigenvalue weighted by molar-refractivity contribution is 6.20. The minimum atomic E-state index is 0.436. The Balaban J connectivity index is 1.74. The number of piperidine rings is 1. The lowest BCUT2D eigenvalue weighted by Gasteiger charge is -2.36. The van der Waals surface area contributed by atoms with Crippen LogP contribution < -0.4 is 0 Å². The Hall–Kier alpha value is 0.210. The summed E-state index contributed by atoms with van der Waals surface area (Å²) in [6, 6.07) is 1.54. The van der Waals surface area contributed by atoms with Gasteiger partial charge in [-0.1, -0.05) is 0 Å². The molecule has 0 amide bonds. The maximum absolute atomic E-state index is 6.24. The first-order chi connectivity index (χ1) is 7.31. The molecule has 2 bridgehead atoms.